The topological polar surface area (TPSA) is 90.7 Å². The van der Waals surface area contributed by atoms with Crippen LogP contribution >= 0.6 is 23.2 Å². The number of carboxylic acids is 1. The third-order valence-electron chi connectivity index (χ3n) is 3.26. The molecule has 1 heterocycles. The Morgan fingerprint density at radius 3 is 2.41 bits per heavy atom. The van der Waals surface area contributed by atoms with E-state index in [1.807, 2.05) is 0 Å². The number of benzene rings is 1. The molecule has 0 saturated carbocycles. The van der Waals surface area contributed by atoms with Gasteiger partial charge in [-0.25, -0.2) is 9.48 Å². The number of aliphatic carboxylic acids is 1. The summed E-state index contributed by atoms with van der Waals surface area (Å²) in [5.41, 5.74) is -2.24. The normalized spacial score (nSPS) is 12.6. The Labute approximate surface area is 160 Å². The van der Waals surface area contributed by atoms with E-state index in [2.05, 4.69) is 5.10 Å². The highest BCUT2D eigenvalue weighted by Gasteiger charge is 2.39. The van der Waals surface area contributed by atoms with Crippen molar-refractivity contribution < 1.29 is 37.3 Å². The fourth-order valence-electron chi connectivity index (χ4n) is 1.99. The van der Waals surface area contributed by atoms with Gasteiger partial charge in [-0.15, -0.1) is 0 Å². The molecule has 1 atom stereocenters. The van der Waals surface area contributed by atoms with Gasteiger partial charge in [0.05, 0.1) is 10.0 Å². The van der Waals surface area contributed by atoms with Crippen LogP contribution in [0.15, 0.2) is 12.1 Å². The van der Waals surface area contributed by atoms with Gasteiger partial charge < -0.3 is 14.6 Å². The van der Waals surface area contributed by atoms with Crippen molar-refractivity contribution in [2.75, 3.05) is 0 Å². The van der Waals surface area contributed by atoms with Crippen molar-refractivity contribution in [2.24, 2.45) is 7.05 Å². The summed E-state index contributed by atoms with van der Waals surface area (Å²) in [6.07, 6.45) is -6.18. The van der Waals surface area contributed by atoms with Crippen LogP contribution < -0.4 is 9.47 Å². The lowest BCUT2D eigenvalue weighted by molar-refractivity contribution is -0.144. The summed E-state index contributed by atoms with van der Waals surface area (Å²) in [5.74, 6) is -2.13. The van der Waals surface area contributed by atoms with E-state index in [9.17, 15) is 22.8 Å². The number of carbonyl (C=O) groups is 2. The van der Waals surface area contributed by atoms with Crippen LogP contribution in [0.25, 0.3) is 0 Å². The molecule has 1 N–H and O–H groups in total. The highest BCUT2D eigenvalue weighted by atomic mass is 35.5. The summed E-state index contributed by atoms with van der Waals surface area (Å²) in [6.45, 7) is 1.25. The zero-order chi connectivity index (χ0) is 20.5. The molecular weight excluding hydrogens is 416 g/mol. The van der Waals surface area contributed by atoms with Crippen LogP contribution in [-0.2, 0) is 18.0 Å². The number of aldehydes is 1. The van der Waals surface area contributed by atoms with Crippen LogP contribution in [0.3, 0.4) is 0 Å². The number of ether oxygens (including phenoxy) is 2. The minimum atomic E-state index is -4.87. The first kappa shape index (κ1) is 20.8. The van der Waals surface area contributed by atoms with Crippen molar-refractivity contribution >= 4 is 35.5 Å². The lowest BCUT2D eigenvalue weighted by Crippen LogP contribution is -2.23. The largest absolute Gasteiger partial charge is 0.479 e. The molecule has 146 valence electrons. The van der Waals surface area contributed by atoms with E-state index in [-0.39, 0.29) is 27.8 Å². The fourth-order valence-corrected chi connectivity index (χ4v) is 2.45. The third-order valence-corrected chi connectivity index (χ3v) is 3.85. The van der Waals surface area contributed by atoms with Crippen molar-refractivity contribution in [1.82, 2.24) is 9.78 Å². The van der Waals surface area contributed by atoms with Gasteiger partial charge in [0.15, 0.2) is 23.8 Å². The zero-order valence-corrected chi connectivity index (χ0v) is 15.2. The van der Waals surface area contributed by atoms with Gasteiger partial charge in [-0.3, -0.25) is 4.79 Å². The van der Waals surface area contributed by atoms with Gasteiger partial charge in [-0.1, -0.05) is 23.2 Å². The number of aryl methyl sites for hydroxylation is 1. The quantitative estimate of drug-likeness (QED) is 0.695. The molecule has 2 aromatic rings. The summed E-state index contributed by atoms with van der Waals surface area (Å²) in [4.78, 5) is 22.0. The van der Waals surface area contributed by atoms with Gasteiger partial charge in [-0.2, -0.15) is 18.3 Å². The van der Waals surface area contributed by atoms with Gasteiger partial charge in [0, 0.05) is 13.1 Å². The number of hydrogen-bond donors (Lipinski definition) is 1. The summed E-state index contributed by atoms with van der Waals surface area (Å²) >= 11 is 11.9. The SMILES string of the molecule is C[C@H](Oc1cc(Oc2c(C=O)c(C(F)(F)F)nn2C)c(Cl)cc1Cl)C(=O)O. The van der Waals surface area contributed by atoms with Gasteiger partial charge >= 0.3 is 12.1 Å². The van der Waals surface area contributed by atoms with Crippen LogP contribution in [0.5, 0.6) is 17.4 Å². The molecule has 1 aromatic heterocycles. The monoisotopic (exact) mass is 426 g/mol. The second-order valence-corrected chi connectivity index (χ2v) is 6.03. The minimum Gasteiger partial charge on any atom is -0.479 e. The van der Waals surface area contributed by atoms with Crippen LogP contribution in [0.4, 0.5) is 13.2 Å². The molecule has 0 spiro atoms. The zero-order valence-electron chi connectivity index (χ0n) is 13.7. The van der Waals surface area contributed by atoms with E-state index < -0.39 is 35.4 Å². The van der Waals surface area contributed by atoms with Crippen molar-refractivity contribution in [3.8, 4) is 17.4 Å². The first-order chi connectivity index (χ1) is 12.5. The van der Waals surface area contributed by atoms with E-state index in [1.165, 1.54) is 6.92 Å². The van der Waals surface area contributed by atoms with E-state index in [0.29, 0.717) is 0 Å². The molecule has 7 nitrogen and oxygen atoms in total. The van der Waals surface area contributed by atoms with E-state index in [1.54, 1.807) is 0 Å². The maximum absolute atomic E-state index is 13.0. The number of alkyl halides is 3. The third kappa shape index (κ3) is 4.45. The minimum absolute atomic E-state index is 0.0428. The summed E-state index contributed by atoms with van der Waals surface area (Å²) in [7, 11) is 1.14. The molecule has 0 saturated heterocycles. The molecule has 0 aliphatic rings. The van der Waals surface area contributed by atoms with E-state index in [4.69, 9.17) is 37.8 Å². The molecule has 1 aromatic carbocycles. The molecule has 0 radical (unpaired) electrons. The highest BCUT2D eigenvalue weighted by molar-refractivity contribution is 6.36. The smallest absolute Gasteiger partial charge is 0.436 e. The van der Waals surface area contributed by atoms with Gasteiger partial charge in [0.1, 0.15) is 11.3 Å². The summed E-state index contributed by atoms with van der Waals surface area (Å²) in [5, 5.41) is 12.0. The van der Waals surface area contributed by atoms with Crippen molar-refractivity contribution in [3.05, 3.63) is 33.4 Å². The molecule has 0 fully saturated rings. The van der Waals surface area contributed by atoms with E-state index in [0.717, 1.165) is 23.9 Å². The van der Waals surface area contributed by atoms with Crippen molar-refractivity contribution in [2.45, 2.75) is 19.2 Å². The predicted molar refractivity (Wildman–Crippen MR) is 87.9 cm³/mol. The molecule has 12 heteroatoms. The van der Waals surface area contributed by atoms with Crippen LogP contribution in [-0.4, -0.2) is 33.2 Å². The number of carbonyl (C=O) groups excluding carboxylic acids is 1. The Kier molecular flexibility index (Phi) is 5.91. The molecule has 0 bridgehead atoms. The molecule has 0 aliphatic carbocycles. The summed E-state index contributed by atoms with van der Waals surface area (Å²) in [6, 6.07) is 2.25. The number of hydrogen-bond acceptors (Lipinski definition) is 5. The Morgan fingerprint density at radius 2 is 1.89 bits per heavy atom. The summed E-state index contributed by atoms with van der Waals surface area (Å²) < 4.78 is 50.1. The molecule has 0 aliphatic heterocycles. The predicted octanol–water partition coefficient (Wildman–Crippen LogP) is 4.20. The van der Waals surface area contributed by atoms with Gasteiger partial charge in [0.2, 0.25) is 5.88 Å². The number of rotatable bonds is 6. The Morgan fingerprint density at radius 1 is 1.30 bits per heavy atom. The van der Waals surface area contributed by atoms with E-state index >= 15 is 0 Å². The van der Waals surface area contributed by atoms with Crippen LogP contribution in [0.1, 0.15) is 23.0 Å². The molecule has 0 unspecified atom stereocenters. The maximum atomic E-state index is 13.0. The average molecular weight is 427 g/mol. The Bertz CT molecular complexity index is 899. The highest BCUT2D eigenvalue weighted by Crippen LogP contribution is 2.41. The number of carboxylic acid groups (broad SMARTS) is 1. The number of nitrogens with zero attached hydrogens (tertiary/aromatic N) is 2. The lowest BCUT2D eigenvalue weighted by Gasteiger charge is -2.15. The fraction of sp³-hybridized carbons (Fsp3) is 0.267. The second kappa shape index (κ2) is 7.65. The maximum Gasteiger partial charge on any atom is 0.436 e. The Balaban J connectivity index is 2.48. The van der Waals surface area contributed by atoms with Crippen molar-refractivity contribution in [3.63, 3.8) is 0 Å². The van der Waals surface area contributed by atoms with Gasteiger partial charge in [0.25, 0.3) is 0 Å². The number of halogens is 5. The number of aromatic nitrogens is 2. The lowest BCUT2D eigenvalue weighted by atomic mass is 10.2. The molecule has 2 rings (SSSR count). The van der Waals surface area contributed by atoms with Gasteiger partial charge in [-0.05, 0) is 13.0 Å². The molecular formula is C15H11Cl2F3N2O5. The van der Waals surface area contributed by atoms with Crippen LogP contribution in [0, 0.1) is 0 Å². The standard InChI is InChI=1S/C15H11Cl2F3N2O5/c1-6(14(24)25)26-10-4-11(9(17)3-8(10)16)27-13-7(5-23)12(15(18,19)20)21-22(13)2/h3-6H,1-2H3,(H,24,25)/t6-/m0/s1. The first-order valence-corrected chi connectivity index (χ1v) is 7.87. The molecule has 0 amide bonds. The van der Waals surface area contributed by atoms with Crippen molar-refractivity contribution in [1.29, 1.82) is 0 Å². The molecule has 27 heavy (non-hydrogen) atoms. The van der Waals surface area contributed by atoms with Crippen LogP contribution in [0.2, 0.25) is 10.0 Å². The second-order valence-electron chi connectivity index (χ2n) is 5.22. The first-order valence-electron chi connectivity index (χ1n) is 7.11. The average Bonchev–Trinajstić information content (AvgIpc) is 2.87. The Hall–Kier alpha value is -2.46.